The molecule has 0 fully saturated rings. The van der Waals surface area contributed by atoms with Crippen LogP contribution in [-0.4, -0.2) is 57.1 Å². The Kier molecular flexibility index (Phi) is 15.8. The second-order valence-electron chi connectivity index (χ2n) is 10.5. The summed E-state index contributed by atoms with van der Waals surface area (Å²) in [5, 5.41) is 10.9. The van der Waals surface area contributed by atoms with E-state index in [1.54, 1.807) is 0 Å². The van der Waals surface area contributed by atoms with Crippen LogP contribution < -0.4 is 10.4 Å². The molecule has 0 aliphatic carbocycles. The second kappa shape index (κ2) is 17.6. The minimum atomic E-state index is -3.68. The van der Waals surface area contributed by atoms with E-state index in [0.29, 0.717) is 13.0 Å². The summed E-state index contributed by atoms with van der Waals surface area (Å²) in [6.45, 7) is 19.2. The molecule has 0 aromatic heterocycles. The summed E-state index contributed by atoms with van der Waals surface area (Å²) in [6, 6.07) is 22.8. The topological polar surface area (TPSA) is 82.8 Å². The van der Waals surface area contributed by atoms with Gasteiger partial charge in [-0.2, -0.15) is 5.26 Å². The van der Waals surface area contributed by atoms with Crippen LogP contribution in [-0.2, 0) is 13.5 Å². The molecule has 216 valence electrons. The highest BCUT2D eigenvalue weighted by Gasteiger charge is 2.50. The molecule has 6 nitrogen and oxygen atoms in total. The molecule has 0 aliphatic heterocycles. The number of benzene rings is 2. The monoisotopic (exact) mass is 572 g/mol. The Morgan fingerprint density at radius 1 is 1.00 bits per heavy atom. The zero-order valence-electron chi connectivity index (χ0n) is 25.0. The summed E-state index contributed by atoms with van der Waals surface area (Å²) in [5.74, 6) is 0. The Balaban J connectivity index is 0.000000956. The number of hydrogen-bond donors (Lipinski definition) is 1. The summed E-state index contributed by atoms with van der Waals surface area (Å²) in [6.07, 6.45) is 2.48. The predicted octanol–water partition coefficient (Wildman–Crippen LogP) is 6.36. The van der Waals surface area contributed by atoms with Crippen molar-refractivity contribution in [2.45, 2.75) is 66.3 Å². The van der Waals surface area contributed by atoms with Crippen molar-refractivity contribution >= 4 is 26.3 Å². The first kappa shape index (κ1) is 35.0. The lowest BCUT2D eigenvalue weighted by molar-refractivity contribution is 0.265. The van der Waals surface area contributed by atoms with E-state index in [9.17, 15) is 9.46 Å². The molecule has 0 aliphatic rings. The smallest absolute Gasteiger partial charge is 0.328 e. The van der Waals surface area contributed by atoms with Gasteiger partial charge < -0.3 is 18.7 Å². The van der Waals surface area contributed by atoms with Gasteiger partial charge in [0.2, 0.25) is 0 Å². The van der Waals surface area contributed by atoms with Crippen LogP contribution in [0.5, 0.6) is 0 Å². The van der Waals surface area contributed by atoms with Gasteiger partial charge in [0.05, 0.1) is 31.9 Å². The molecule has 1 unspecified atom stereocenters. The van der Waals surface area contributed by atoms with Crippen molar-refractivity contribution in [3.8, 4) is 6.07 Å². The van der Waals surface area contributed by atoms with Crippen molar-refractivity contribution in [2.24, 2.45) is 0 Å². The quantitative estimate of drug-likeness (QED) is 0.123. The van der Waals surface area contributed by atoms with E-state index in [-0.39, 0.29) is 24.2 Å². The van der Waals surface area contributed by atoms with Crippen LogP contribution in [0.15, 0.2) is 72.3 Å². The third-order valence-electron chi connectivity index (χ3n) is 6.69. The third kappa shape index (κ3) is 11.5. The van der Waals surface area contributed by atoms with Crippen LogP contribution in [0.1, 0.15) is 61.3 Å². The molecule has 0 radical (unpaired) electrons. The van der Waals surface area contributed by atoms with E-state index in [0.717, 1.165) is 5.57 Å². The average Bonchev–Trinajstić information content (AvgIpc) is 2.91. The van der Waals surface area contributed by atoms with Gasteiger partial charge in [-0.15, -0.1) is 0 Å². The van der Waals surface area contributed by atoms with E-state index in [1.807, 2.05) is 31.2 Å². The standard InChI is InChI=1S/C25H34NO4PSi.C6H15N/c1-22(13-11-20-31(27,28)29-19-12-18-26)21-30-32(25(2,3)4,23-14-7-5-8-15-23)24-16-9-6-10-17-24;1-4-7(5-2)6-3/h5-10,13-17H,11-12,19-21H2,1-4H3,(H,27,28);4-6H2,1-3H3/b22-13+;. The molecule has 0 amide bonds. The Labute approximate surface area is 238 Å². The van der Waals surface area contributed by atoms with Crippen LogP contribution in [0.25, 0.3) is 0 Å². The van der Waals surface area contributed by atoms with Crippen molar-refractivity contribution in [1.82, 2.24) is 4.90 Å². The highest BCUT2D eigenvalue weighted by molar-refractivity contribution is 7.52. The number of allylic oxidation sites excluding steroid dienone is 1. The highest BCUT2D eigenvalue weighted by Crippen LogP contribution is 2.42. The van der Waals surface area contributed by atoms with Gasteiger partial charge in [-0.1, -0.05) is 114 Å². The van der Waals surface area contributed by atoms with Crippen LogP contribution in [0, 0.1) is 11.3 Å². The first-order chi connectivity index (χ1) is 18.5. The number of rotatable bonds is 14. The van der Waals surface area contributed by atoms with E-state index in [1.165, 1.54) is 30.0 Å². The van der Waals surface area contributed by atoms with Gasteiger partial charge >= 0.3 is 7.60 Å². The molecule has 1 N–H and O–H groups in total. The maximum atomic E-state index is 12.1. The van der Waals surface area contributed by atoms with E-state index < -0.39 is 15.9 Å². The lowest BCUT2D eigenvalue weighted by Gasteiger charge is -2.43. The summed E-state index contributed by atoms with van der Waals surface area (Å²) in [4.78, 5) is 12.3. The number of hydrogen-bond acceptors (Lipinski definition) is 5. The van der Waals surface area contributed by atoms with Gasteiger partial charge in [-0.3, -0.25) is 4.57 Å². The summed E-state index contributed by atoms with van der Waals surface area (Å²) >= 11 is 0. The average molecular weight is 573 g/mol. The molecule has 0 spiro atoms. The Hall–Kier alpha value is -2.04. The van der Waals surface area contributed by atoms with E-state index >= 15 is 0 Å². The first-order valence-corrected chi connectivity index (χ1v) is 17.6. The van der Waals surface area contributed by atoms with E-state index in [4.69, 9.17) is 14.2 Å². The number of nitriles is 1. The Bertz CT molecular complexity index is 1020. The van der Waals surface area contributed by atoms with Crippen molar-refractivity contribution in [3.63, 3.8) is 0 Å². The fourth-order valence-corrected chi connectivity index (χ4v) is 10.0. The van der Waals surface area contributed by atoms with Crippen molar-refractivity contribution in [1.29, 1.82) is 5.26 Å². The van der Waals surface area contributed by atoms with Crippen molar-refractivity contribution < 1.29 is 18.4 Å². The largest absolute Gasteiger partial charge is 0.403 e. The fraction of sp³-hybridized carbons (Fsp3) is 0.516. The van der Waals surface area contributed by atoms with Gasteiger partial charge in [-0.25, -0.2) is 0 Å². The Morgan fingerprint density at radius 3 is 1.87 bits per heavy atom. The summed E-state index contributed by atoms with van der Waals surface area (Å²) in [5.41, 5.74) is 1.01. The third-order valence-corrected chi connectivity index (χ3v) is 13.1. The zero-order valence-corrected chi connectivity index (χ0v) is 26.9. The molecular formula is C31H49N2O4PSi. The van der Waals surface area contributed by atoms with Crippen LogP contribution in [0.4, 0.5) is 0 Å². The van der Waals surface area contributed by atoms with Gasteiger partial charge in [0.25, 0.3) is 8.32 Å². The highest BCUT2D eigenvalue weighted by atomic mass is 31.2. The van der Waals surface area contributed by atoms with Crippen molar-refractivity contribution in [3.05, 3.63) is 72.3 Å². The normalized spacial score (nSPS) is 13.8. The molecule has 2 aromatic carbocycles. The molecule has 8 heteroatoms. The first-order valence-electron chi connectivity index (χ1n) is 13.9. The SMILES string of the molecule is C/C(=C\CCP(=O)(O)OCCC#N)CO[Si](c1ccccc1)(c1ccccc1)C(C)(C)C.CCN(CC)CC. The molecule has 2 rings (SSSR count). The Morgan fingerprint density at radius 2 is 1.49 bits per heavy atom. The fourth-order valence-electron chi connectivity index (χ4n) is 4.49. The maximum Gasteiger partial charge on any atom is 0.328 e. The van der Waals surface area contributed by atoms with Gasteiger partial charge in [0.1, 0.15) is 0 Å². The van der Waals surface area contributed by atoms with Gasteiger partial charge in [-0.05, 0) is 48.4 Å². The summed E-state index contributed by atoms with van der Waals surface area (Å²) < 4.78 is 23.9. The zero-order chi connectivity index (χ0) is 29.4. The minimum Gasteiger partial charge on any atom is -0.403 e. The van der Waals surface area contributed by atoms with Crippen molar-refractivity contribution in [2.75, 3.05) is 39.0 Å². The second-order valence-corrected chi connectivity index (χ2v) is 16.8. The number of nitrogens with zero attached hydrogens (tertiary/aromatic N) is 2. The molecule has 0 saturated carbocycles. The predicted molar refractivity (Wildman–Crippen MR) is 166 cm³/mol. The van der Waals surface area contributed by atoms with Gasteiger partial charge in [0.15, 0.2) is 0 Å². The summed E-state index contributed by atoms with van der Waals surface area (Å²) in [7, 11) is -6.29. The maximum absolute atomic E-state index is 12.1. The van der Waals surface area contributed by atoms with Gasteiger partial charge in [0, 0.05) is 0 Å². The lowest BCUT2D eigenvalue weighted by Crippen LogP contribution is -2.66. The minimum absolute atomic E-state index is 0.0228. The molecule has 0 heterocycles. The van der Waals surface area contributed by atoms with E-state index in [2.05, 4.69) is 95.0 Å². The molecule has 0 saturated heterocycles. The molecular weight excluding hydrogens is 523 g/mol. The molecule has 0 bridgehead atoms. The van der Waals surface area contributed by atoms with Crippen LogP contribution in [0.3, 0.4) is 0 Å². The molecule has 2 aromatic rings. The lowest BCUT2D eigenvalue weighted by atomic mass is 10.2. The molecule has 1 atom stereocenters. The van der Waals surface area contributed by atoms with Crippen LogP contribution in [0.2, 0.25) is 5.04 Å². The molecule has 39 heavy (non-hydrogen) atoms. The van der Waals surface area contributed by atoms with Crippen LogP contribution >= 0.6 is 7.60 Å².